The summed E-state index contributed by atoms with van der Waals surface area (Å²) >= 11 is 0. The number of benzene rings is 1. The molecule has 0 aliphatic heterocycles. The molecule has 0 aromatic heterocycles. The maximum Gasteiger partial charge on any atom is 0.0712 e. The molecule has 0 saturated heterocycles. The monoisotopic (exact) mass is 229 g/mol. The highest BCUT2D eigenvalue weighted by atomic mass is 14.3. The summed E-state index contributed by atoms with van der Waals surface area (Å²) in [5, 5.41) is 9.20. The van der Waals surface area contributed by atoms with E-state index in [2.05, 4.69) is 44.2 Å². The van der Waals surface area contributed by atoms with Crippen molar-refractivity contribution >= 4 is 0 Å². The topological polar surface area (TPSA) is 23.8 Å². The lowest BCUT2D eigenvalue weighted by molar-refractivity contribution is 0.589. The quantitative estimate of drug-likeness (QED) is 0.606. The Morgan fingerprint density at radius 3 is 2.29 bits per heavy atom. The lowest BCUT2D eigenvalue weighted by Gasteiger charge is -2.09. The maximum absolute atomic E-state index is 9.20. The molecular formula is C16H23N. The molecule has 1 rings (SSSR count). The van der Waals surface area contributed by atoms with Crippen LogP contribution in [0.1, 0.15) is 62.5 Å². The Hall–Kier alpha value is -1.29. The Labute approximate surface area is 105 Å². The van der Waals surface area contributed by atoms with Crippen molar-refractivity contribution in [2.75, 3.05) is 0 Å². The van der Waals surface area contributed by atoms with Gasteiger partial charge in [0.15, 0.2) is 0 Å². The van der Waals surface area contributed by atoms with Gasteiger partial charge in [0.2, 0.25) is 0 Å². The van der Waals surface area contributed by atoms with Gasteiger partial charge in [0.25, 0.3) is 0 Å². The molecule has 1 heteroatoms. The Balaban J connectivity index is 2.39. The van der Waals surface area contributed by atoms with Crippen LogP contribution in [0.25, 0.3) is 0 Å². The van der Waals surface area contributed by atoms with Crippen LogP contribution in [0.2, 0.25) is 0 Å². The van der Waals surface area contributed by atoms with Gasteiger partial charge < -0.3 is 0 Å². The van der Waals surface area contributed by atoms with Gasteiger partial charge in [0.05, 0.1) is 12.0 Å². The molecule has 0 heterocycles. The van der Waals surface area contributed by atoms with Gasteiger partial charge >= 0.3 is 0 Å². The second-order valence-electron chi connectivity index (χ2n) is 4.80. The molecular weight excluding hydrogens is 206 g/mol. The van der Waals surface area contributed by atoms with Gasteiger partial charge in [0.1, 0.15) is 0 Å². The van der Waals surface area contributed by atoms with Gasteiger partial charge in [-0.25, -0.2) is 0 Å². The third-order valence-electron chi connectivity index (χ3n) is 3.23. The van der Waals surface area contributed by atoms with Crippen LogP contribution in [-0.4, -0.2) is 0 Å². The van der Waals surface area contributed by atoms with E-state index in [0.717, 1.165) is 6.42 Å². The minimum absolute atomic E-state index is 0.0808. The summed E-state index contributed by atoms with van der Waals surface area (Å²) in [7, 11) is 0. The Morgan fingerprint density at radius 2 is 1.71 bits per heavy atom. The Morgan fingerprint density at radius 1 is 1.06 bits per heavy atom. The highest BCUT2D eigenvalue weighted by Gasteiger charge is 2.09. The maximum atomic E-state index is 9.20. The number of aryl methyl sites for hydroxylation is 1. The SMILES string of the molecule is CCCCCCCC(C#N)c1ccc(C)cc1. The summed E-state index contributed by atoms with van der Waals surface area (Å²) in [6.45, 7) is 4.31. The first-order valence-electron chi connectivity index (χ1n) is 6.74. The zero-order chi connectivity index (χ0) is 12.5. The van der Waals surface area contributed by atoms with Crippen LogP contribution in [0.3, 0.4) is 0 Å². The predicted molar refractivity (Wildman–Crippen MR) is 72.9 cm³/mol. The summed E-state index contributed by atoms with van der Waals surface area (Å²) in [5.41, 5.74) is 2.43. The molecule has 0 saturated carbocycles. The first-order chi connectivity index (χ1) is 8.27. The van der Waals surface area contributed by atoms with Crippen LogP contribution in [0.5, 0.6) is 0 Å². The van der Waals surface area contributed by atoms with Crippen molar-refractivity contribution < 1.29 is 0 Å². The number of hydrogen-bond acceptors (Lipinski definition) is 1. The van der Waals surface area contributed by atoms with Crippen LogP contribution in [0, 0.1) is 18.3 Å². The zero-order valence-electron chi connectivity index (χ0n) is 11.1. The smallest absolute Gasteiger partial charge is 0.0712 e. The highest BCUT2D eigenvalue weighted by molar-refractivity contribution is 5.28. The second kappa shape index (κ2) is 7.90. The van der Waals surface area contributed by atoms with E-state index in [0.29, 0.717) is 0 Å². The lowest BCUT2D eigenvalue weighted by Crippen LogP contribution is -1.96. The normalized spacial score (nSPS) is 12.1. The summed E-state index contributed by atoms with van der Waals surface area (Å²) in [6.07, 6.45) is 7.34. The fourth-order valence-electron chi connectivity index (χ4n) is 2.06. The van der Waals surface area contributed by atoms with E-state index >= 15 is 0 Å². The van der Waals surface area contributed by atoms with Gasteiger partial charge in [-0.1, -0.05) is 68.9 Å². The molecule has 0 bridgehead atoms. The second-order valence-corrected chi connectivity index (χ2v) is 4.80. The lowest BCUT2D eigenvalue weighted by atomic mass is 9.93. The largest absolute Gasteiger partial charge is 0.198 e. The molecule has 0 spiro atoms. The minimum Gasteiger partial charge on any atom is -0.198 e. The summed E-state index contributed by atoms with van der Waals surface area (Å²) in [5.74, 6) is 0.0808. The molecule has 0 aliphatic carbocycles. The zero-order valence-corrected chi connectivity index (χ0v) is 11.1. The van der Waals surface area contributed by atoms with Gasteiger partial charge in [-0.2, -0.15) is 5.26 Å². The average Bonchev–Trinajstić information content (AvgIpc) is 2.35. The number of hydrogen-bond donors (Lipinski definition) is 0. The molecule has 0 amide bonds. The van der Waals surface area contributed by atoms with Crippen LogP contribution >= 0.6 is 0 Å². The van der Waals surface area contributed by atoms with Gasteiger partial charge in [-0.05, 0) is 18.9 Å². The number of nitriles is 1. The van der Waals surface area contributed by atoms with E-state index in [4.69, 9.17) is 0 Å². The molecule has 1 nitrogen and oxygen atoms in total. The summed E-state index contributed by atoms with van der Waals surface area (Å²) < 4.78 is 0. The van der Waals surface area contributed by atoms with Gasteiger partial charge in [0, 0.05) is 0 Å². The molecule has 0 N–H and O–H groups in total. The average molecular weight is 229 g/mol. The first-order valence-corrected chi connectivity index (χ1v) is 6.74. The van der Waals surface area contributed by atoms with Gasteiger partial charge in [-0.3, -0.25) is 0 Å². The third kappa shape index (κ3) is 5.04. The van der Waals surface area contributed by atoms with Crippen molar-refractivity contribution in [3.8, 4) is 6.07 Å². The van der Waals surface area contributed by atoms with Crippen LogP contribution in [0.15, 0.2) is 24.3 Å². The minimum atomic E-state index is 0.0808. The fraction of sp³-hybridized carbons (Fsp3) is 0.562. The Bertz CT molecular complexity index is 345. The summed E-state index contributed by atoms with van der Waals surface area (Å²) in [6, 6.07) is 10.8. The van der Waals surface area contributed by atoms with Crippen molar-refractivity contribution in [3.63, 3.8) is 0 Å². The number of nitrogens with zero attached hydrogens (tertiary/aromatic N) is 1. The molecule has 0 fully saturated rings. The molecule has 1 aromatic carbocycles. The first kappa shape index (κ1) is 13.8. The van der Waals surface area contributed by atoms with Crippen LogP contribution in [-0.2, 0) is 0 Å². The molecule has 0 radical (unpaired) electrons. The van der Waals surface area contributed by atoms with Gasteiger partial charge in [-0.15, -0.1) is 0 Å². The van der Waals surface area contributed by atoms with Crippen molar-refractivity contribution in [3.05, 3.63) is 35.4 Å². The van der Waals surface area contributed by atoms with E-state index in [1.165, 1.54) is 43.2 Å². The van der Waals surface area contributed by atoms with Crippen molar-refractivity contribution in [1.82, 2.24) is 0 Å². The van der Waals surface area contributed by atoms with Crippen molar-refractivity contribution in [2.24, 2.45) is 0 Å². The predicted octanol–water partition coefficient (Wildman–Crippen LogP) is 4.96. The van der Waals surface area contributed by atoms with Crippen molar-refractivity contribution in [2.45, 2.75) is 58.3 Å². The standard InChI is InChI=1S/C16H23N/c1-3-4-5-6-7-8-16(13-17)15-11-9-14(2)10-12-15/h9-12,16H,3-8H2,1-2H3. The van der Waals surface area contributed by atoms with E-state index in [-0.39, 0.29) is 5.92 Å². The fourth-order valence-corrected chi connectivity index (χ4v) is 2.06. The Kier molecular flexibility index (Phi) is 6.40. The van der Waals surface area contributed by atoms with E-state index in [1.54, 1.807) is 0 Å². The number of unbranched alkanes of at least 4 members (excludes halogenated alkanes) is 4. The third-order valence-corrected chi connectivity index (χ3v) is 3.23. The summed E-state index contributed by atoms with van der Waals surface area (Å²) in [4.78, 5) is 0. The molecule has 0 aliphatic rings. The van der Waals surface area contributed by atoms with E-state index in [1.807, 2.05) is 0 Å². The van der Waals surface area contributed by atoms with Crippen molar-refractivity contribution in [1.29, 1.82) is 5.26 Å². The molecule has 92 valence electrons. The highest BCUT2D eigenvalue weighted by Crippen LogP contribution is 2.22. The van der Waals surface area contributed by atoms with Crippen LogP contribution < -0.4 is 0 Å². The molecule has 17 heavy (non-hydrogen) atoms. The van der Waals surface area contributed by atoms with E-state index in [9.17, 15) is 5.26 Å². The molecule has 1 atom stereocenters. The van der Waals surface area contributed by atoms with Crippen LogP contribution in [0.4, 0.5) is 0 Å². The molecule has 1 unspecified atom stereocenters. The van der Waals surface area contributed by atoms with E-state index < -0.39 is 0 Å². The molecule has 1 aromatic rings. The number of rotatable bonds is 7.